The summed E-state index contributed by atoms with van der Waals surface area (Å²) in [6.07, 6.45) is 4.44. The first-order valence-electron chi connectivity index (χ1n) is 9.76. The standard InChI is InChI=1S/C21H36O6/c1-14-10-17(25-12-23-6)18(26-13-24-7)15(2)21(14)9-8-16(11-21)27-19(22)20(3,4)5/h10,15-18H,8-9,11-13H2,1-7H3/t15-,16+,17-,18-,21-/m1/s1. The van der Waals surface area contributed by atoms with Crippen LogP contribution >= 0.6 is 0 Å². The summed E-state index contributed by atoms with van der Waals surface area (Å²) >= 11 is 0. The van der Waals surface area contributed by atoms with E-state index in [4.69, 9.17) is 23.7 Å². The van der Waals surface area contributed by atoms with Crippen LogP contribution in [-0.2, 0) is 28.5 Å². The normalized spacial score (nSPS) is 34.0. The van der Waals surface area contributed by atoms with E-state index < -0.39 is 5.41 Å². The lowest BCUT2D eigenvalue weighted by atomic mass is 9.63. The number of methoxy groups -OCH3 is 2. The van der Waals surface area contributed by atoms with Crippen molar-refractivity contribution in [3.05, 3.63) is 11.6 Å². The molecule has 156 valence electrons. The average Bonchev–Trinajstić information content (AvgIpc) is 3.02. The first-order valence-corrected chi connectivity index (χ1v) is 9.76. The van der Waals surface area contributed by atoms with Gasteiger partial charge in [-0.1, -0.05) is 18.6 Å². The molecule has 1 spiro atoms. The van der Waals surface area contributed by atoms with E-state index in [1.165, 1.54) is 5.57 Å². The molecule has 0 aromatic rings. The molecule has 0 N–H and O–H groups in total. The molecule has 0 radical (unpaired) electrons. The van der Waals surface area contributed by atoms with Crippen molar-refractivity contribution in [1.82, 2.24) is 0 Å². The maximum atomic E-state index is 12.3. The van der Waals surface area contributed by atoms with Crippen molar-refractivity contribution in [2.24, 2.45) is 16.7 Å². The van der Waals surface area contributed by atoms with Crippen molar-refractivity contribution in [3.8, 4) is 0 Å². The summed E-state index contributed by atoms with van der Waals surface area (Å²) in [5.41, 5.74) is 0.749. The zero-order chi connectivity index (χ0) is 20.2. The van der Waals surface area contributed by atoms with Crippen molar-refractivity contribution < 1.29 is 28.5 Å². The van der Waals surface area contributed by atoms with Gasteiger partial charge in [0.15, 0.2) is 0 Å². The second-order valence-corrected chi connectivity index (χ2v) is 8.89. The summed E-state index contributed by atoms with van der Waals surface area (Å²) in [5, 5.41) is 0. The Morgan fingerprint density at radius 1 is 1.19 bits per heavy atom. The third-order valence-corrected chi connectivity index (χ3v) is 6.03. The number of carbonyl (C=O) groups excluding carboxylic acids is 1. The van der Waals surface area contributed by atoms with Crippen LogP contribution in [0.5, 0.6) is 0 Å². The Morgan fingerprint density at radius 2 is 1.81 bits per heavy atom. The largest absolute Gasteiger partial charge is 0.462 e. The Morgan fingerprint density at radius 3 is 2.41 bits per heavy atom. The molecular formula is C21H36O6. The molecule has 0 aromatic carbocycles. The summed E-state index contributed by atoms with van der Waals surface area (Å²) in [4.78, 5) is 12.3. The third-order valence-electron chi connectivity index (χ3n) is 6.03. The van der Waals surface area contributed by atoms with Crippen LogP contribution in [0.25, 0.3) is 0 Å². The zero-order valence-corrected chi connectivity index (χ0v) is 17.9. The van der Waals surface area contributed by atoms with Gasteiger partial charge < -0.3 is 23.7 Å². The van der Waals surface area contributed by atoms with Gasteiger partial charge in [-0.25, -0.2) is 0 Å². The molecule has 0 amide bonds. The summed E-state index contributed by atoms with van der Waals surface area (Å²) in [6, 6.07) is 0. The highest BCUT2D eigenvalue weighted by Crippen LogP contribution is 2.55. The molecule has 27 heavy (non-hydrogen) atoms. The highest BCUT2D eigenvalue weighted by molar-refractivity contribution is 5.75. The van der Waals surface area contributed by atoms with Gasteiger partial charge in [-0.15, -0.1) is 0 Å². The van der Waals surface area contributed by atoms with Crippen LogP contribution in [-0.4, -0.2) is 52.1 Å². The predicted molar refractivity (Wildman–Crippen MR) is 102 cm³/mol. The number of esters is 1. The molecule has 6 heteroatoms. The van der Waals surface area contributed by atoms with E-state index >= 15 is 0 Å². The van der Waals surface area contributed by atoms with E-state index in [1.807, 2.05) is 20.8 Å². The van der Waals surface area contributed by atoms with Crippen LogP contribution in [0.15, 0.2) is 11.6 Å². The SMILES string of the molecule is COCO[C@@H]1[C@@H](C)[C@@]2(CC[C@H](OC(=O)C(C)(C)C)C2)C(C)=C[C@H]1OCOC. The molecule has 0 unspecified atom stereocenters. The summed E-state index contributed by atoms with van der Waals surface area (Å²) in [6.45, 7) is 10.5. The molecule has 2 aliphatic rings. The Balaban J connectivity index is 2.19. The zero-order valence-electron chi connectivity index (χ0n) is 17.9. The first-order chi connectivity index (χ1) is 12.7. The van der Waals surface area contributed by atoms with E-state index in [-0.39, 0.29) is 49.2 Å². The van der Waals surface area contributed by atoms with Crippen LogP contribution in [0, 0.1) is 16.7 Å². The summed E-state index contributed by atoms with van der Waals surface area (Å²) in [7, 11) is 3.23. The maximum absolute atomic E-state index is 12.3. The first kappa shape index (κ1) is 22.3. The van der Waals surface area contributed by atoms with Gasteiger partial charge in [0, 0.05) is 14.2 Å². The fourth-order valence-corrected chi connectivity index (χ4v) is 4.37. The van der Waals surface area contributed by atoms with Crippen LogP contribution < -0.4 is 0 Å². The van der Waals surface area contributed by atoms with Gasteiger partial charge in [0.1, 0.15) is 25.8 Å². The fraction of sp³-hybridized carbons (Fsp3) is 0.857. The van der Waals surface area contributed by atoms with Gasteiger partial charge >= 0.3 is 5.97 Å². The van der Waals surface area contributed by atoms with E-state index in [0.717, 1.165) is 19.3 Å². The quantitative estimate of drug-likeness (QED) is 0.379. The molecule has 2 aliphatic carbocycles. The third kappa shape index (κ3) is 4.91. The van der Waals surface area contributed by atoms with Crippen molar-refractivity contribution in [3.63, 3.8) is 0 Å². The van der Waals surface area contributed by atoms with Crippen LogP contribution in [0.1, 0.15) is 53.9 Å². The summed E-state index contributed by atoms with van der Waals surface area (Å²) in [5.74, 6) is 0.0703. The van der Waals surface area contributed by atoms with Crippen LogP contribution in [0.3, 0.4) is 0 Å². The number of allylic oxidation sites excluding steroid dienone is 1. The van der Waals surface area contributed by atoms with Gasteiger partial charge in [0.25, 0.3) is 0 Å². The van der Waals surface area contributed by atoms with Crippen LogP contribution in [0.4, 0.5) is 0 Å². The van der Waals surface area contributed by atoms with Crippen molar-refractivity contribution in [1.29, 1.82) is 0 Å². The molecule has 0 heterocycles. The molecule has 5 atom stereocenters. The molecular weight excluding hydrogens is 348 g/mol. The lowest BCUT2D eigenvalue weighted by molar-refractivity contribution is -0.175. The van der Waals surface area contributed by atoms with E-state index in [9.17, 15) is 4.79 Å². The molecule has 1 fully saturated rings. The van der Waals surface area contributed by atoms with Crippen molar-refractivity contribution in [2.75, 3.05) is 27.8 Å². The van der Waals surface area contributed by atoms with Crippen molar-refractivity contribution >= 4 is 5.97 Å². The Labute approximate surface area is 163 Å². The van der Waals surface area contributed by atoms with Crippen LogP contribution in [0.2, 0.25) is 0 Å². The molecule has 0 bridgehead atoms. The van der Waals surface area contributed by atoms with Gasteiger partial charge in [-0.05, 0) is 58.3 Å². The Bertz CT molecular complexity index is 537. The van der Waals surface area contributed by atoms with Gasteiger partial charge in [0.05, 0.1) is 11.5 Å². The minimum atomic E-state index is -0.484. The minimum absolute atomic E-state index is 0.0474. The fourth-order valence-electron chi connectivity index (χ4n) is 4.37. The van der Waals surface area contributed by atoms with Gasteiger partial charge in [0.2, 0.25) is 0 Å². The monoisotopic (exact) mass is 384 g/mol. The minimum Gasteiger partial charge on any atom is -0.462 e. The van der Waals surface area contributed by atoms with E-state index in [0.29, 0.717) is 0 Å². The highest BCUT2D eigenvalue weighted by atomic mass is 16.7. The summed E-state index contributed by atoms with van der Waals surface area (Å²) < 4.78 is 27.9. The Kier molecular flexibility index (Phi) is 7.47. The maximum Gasteiger partial charge on any atom is 0.311 e. The smallest absolute Gasteiger partial charge is 0.311 e. The second-order valence-electron chi connectivity index (χ2n) is 8.89. The number of hydrogen-bond donors (Lipinski definition) is 0. The molecule has 2 rings (SSSR count). The number of rotatable bonds is 7. The average molecular weight is 385 g/mol. The second kappa shape index (κ2) is 9.03. The number of carbonyl (C=O) groups is 1. The Hall–Kier alpha value is -0.950. The molecule has 1 saturated carbocycles. The van der Waals surface area contributed by atoms with E-state index in [2.05, 4.69) is 19.9 Å². The van der Waals surface area contributed by atoms with E-state index in [1.54, 1.807) is 14.2 Å². The lowest BCUT2D eigenvalue weighted by Crippen LogP contribution is -2.48. The molecule has 0 aliphatic heterocycles. The highest BCUT2D eigenvalue weighted by Gasteiger charge is 2.52. The van der Waals surface area contributed by atoms with Crippen molar-refractivity contribution in [2.45, 2.75) is 72.2 Å². The molecule has 0 saturated heterocycles. The molecule has 0 aromatic heterocycles. The van der Waals surface area contributed by atoms with Gasteiger partial charge in [-0.3, -0.25) is 4.79 Å². The van der Waals surface area contributed by atoms with Gasteiger partial charge in [-0.2, -0.15) is 0 Å². The number of hydrogen-bond acceptors (Lipinski definition) is 6. The lowest BCUT2D eigenvalue weighted by Gasteiger charge is -2.47. The molecule has 6 nitrogen and oxygen atoms in total. The predicted octanol–water partition coefficient (Wildman–Crippen LogP) is 3.69. The topological polar surface area (TPSA) is 63.2 Å². The number of ether oxygens (including phenoxy) is 5.